The zero-order chi connectivity index (χ0) is 20.0. The molecule has 1 N–H and O–H groups in total. The summed E-state index contributed by atoms with van der Waals surface area (Å²) < 4.78 is 0. The van der Waals surface area contributed by atoms with Crippen molar-refractivity contribution in [2.75, 3.05) is 31.1 Å². The number of amides is 1. The van der Waals surface area contributed by atoms with Crippen molar-refractivity contribution in [2.24, 2.45) is 0 Å². The Balaban J connectivity index is 1.49. The molecule has 1 aliphatic heterocycles. The fourth-order valence-electron chi connectivity index (χ4n) is 3.08. The van der Waals surface area contributed by atoms with Gasteiger partial charge in [-0.05, 0) is 50.1 Å². The highest BCUT2D eigenvalue weighted by Gasteiger charge is 2.20. The Morgan fingerprint density at radius 1 is 1.07 bits per heavy atom. The molecule has 0 spiro atoms. The fourth-order valence-corrected chi connectivity index (χ4v) is 3.08. The molecule has 1 amide bonds. The van der Waals surface area contributed by atoms with E-state index in [-0.39, 0.29) is 11.4 Å². The molecule has 1 saturated heterocycles. The number of hydrogen-bond acceptors (Lipinski definition) is 4. The minimum Gasteiger partial charge on any atom is -0.353 e. The van der Waals surface area contributed by atoms with Gasteiger partial charge in [0.1, 0.15) is 5.82 Å². The smallest absolute Gasteiger partial charge is 0.246 e. The van der Waals surface area contributed by atoms with Gasteiger partial charge in [-0.25, -0.2) is 4.98 Å². The number of benzene rings is 1. The third-order valence-electron chi connectivity index (χ3n) is 4.79. The van der Waals surface area contributed by atoms with Gasteiger partial charge in [0.05, 0.1) is 0 Å². The molecule has 2 aromatic rings. The maximum atomic E-state index is 12.5. The number of nitrogens with one attached hydrogen (secondary N) is 1. The van der Waals surface area contributed by atoms with Crippen molar-refractivity contribution in [3.05, 3.63) is 65.9 Å². The van der Waals surface area contributed by atoms with Crippen LogP contribution >= 0.6 is 0 Å². The fraction of sp³-hybridized carbons (Fsp3) is 0.391. The Kier molecular flexibility index (Phi) is 6.47. The van der Waals surface area contributed by atoms with E-state index in [0.717, 1.165) is 44.1 Å². The van der Waals surface area contributed by atoms with Crippen molar-refractivity contribution in [1.82, 2.24) is 15.2 Å². The predicted molar refractivity (Wildman–Crippen MR) is 115 cm³/mol. The zero-order valence-corrected chi connectivity index (χ0v) is 17.1. The summed E-state index contributed by atoms with van der Waals surface area (Å²) in [7, 11) is 0. The van der Waals surface area contributed by atoms with Gasteiger partial charge in [0.25, 0.3) is 0 Å². The maximum absolute atomic E-state index is 12.5. The lowest BCUT2D eigenvalue weighted by molar-refractivity contribution is -0.126. The molecule has 1 aliphatic rings. The number of aromatic nitrogens is 1. The van der Waals surface area contributed by atoms with Gasteiger partial charge in [-0.1, -0.05) is 30.3 Å². The van der Waals surface area contributed by atoms with Crippen LogP contribution in [-0.2, 0) is 11.3 Å². The number of piperazine rings is 1. The summed E-state index contributed by atoms with van der Waals surface area (Å²) in [6.07, 6.45) is 5.38. The summed E-state index contributed by atoms with van der Waals surface area (Å²) >= 11 is 0. The number of rotatable bonds is 5. The molecule has 0 saturated carbocycles. The van der Waals surface area contributed by atoms with Gasteiger partial charge in [0.15, 0.2) is 0 Å². The van der Waals surface area contributed by atoms with Crippen LogP contribution in [0, 0.1) is 0 Å². The van der Waals surface area contributed by atoms with Gasteiger partial charge in [-0.2, -0.15) is 0 Å². The van der Waals surface area contributed by atoms with Gasteiger partial charge in [0, 0.05) is 50.5 Å². The second kappa shape index (κ2) is 9.02. The van der Waals surface area contributed by atoms with E-state index in [2.05, 4.69) is 60.2 Å². The van der Waals surface area contributed by atoms with Crippen LogP contribution in [0.25, 0.3) is 6.08 Å². The van der Waals surface area contributed by atoms with Crippen LogP contribution in [0.15, 0.2) is 54.7 Å². The first-order chi connectivity index (χ1) is 13.4. The molecule has 1 fully saturated rings. The van der Waals surface area contributed by atoms with Crippen molar-refractivity contribution < 1.29 is 4.79 Å². The molecule has 28 heavy (non-hydrogen) atoms. The van der Waals surface area contributed by atoms with Crippen molar-refractivity contribution in [1.29, 1.82) is 0 Å². The minimum atomic E-state index is 0.0687. The van der Waals surface area contributed by atoms with E-state index < -0.39 is 0 Å². The van der Waals surface area contributed by atoms with Crippen molar-refractivity contribution in [3.8, 4) is 0 Å². The van der Waals surface area contributed by atoms with Gasteiger partial charge >= 0.3 is 0 Å². The van der Waals surface area contributed by atoms with E-state index in [1.807, 2.05) is 29.2 Å². The van der Waals surface area contributed by atoms with E-state index in [1.54, 1.807) is 12.3 Å². The van der Waals surface area contributed by atoms with Crippen LogP contribution in [0.2, 0.25) is 0 Å². The average molecular weight is 379 g/mol. The number of hydrogen-bond donors (Lipinski definition) is 1. The SMILES string of the molecule is CC(C)(C)NCc1ccc(/C=C/C(=O)N2CCN(c3ccccn3)CC2)cc1. The van der Waals surface area contributed by atoms with E-state index in [0.29, 0.717) is 0 Å². The summed E-state index contributed by atoms with van der Waals surface area (Å²) in [6.45, 7) is 10.4. The average Bonchev–Trinajstić information content (AvgIpc) is 2.71. The molecule has 3 rings (SSSR count). The summed E-state index contributed by atoms with van der Waals surface area (Å²) in [6, 6.07) is 14.3. The maximum Gasteiger partial charge on any atom is 0.246 e. The van der Waals surface area contributed by atoms with E-state index in [4.69, 9.17) is 0 Å². The third kappa shape index (κ3) is 5.92. The number of carbonyl (C=O) groups excluding carboxylic acids is 1. The molecule has 0 aliphatic carbocycles. The Morgan fingerprint density at radius 3 is 2.39 bits per heavy atom. The predicted octanol–water partition coefficient (Wildman–Crippen LogP) is 3.33. The van der Waals surface area contributed by atoms with Crippen LogP contribution in [0.5, 0.6) is 0 Å². The monoisotopic (exact) mass is 378 g/mol. The molecule has 0 radical (unpaired) electrons. The van der Waals surface area contributed by atoms with Crippen LogP contribution in [0.1, 0.15) is 31.9 Å². The Bertz CT molecular complexity index is 786. The lowest BCUT2D eigenvalue weighted by atomic mass is 10.1. The zero-order valence-electron chi connectivity index (χ0n) is 17.1. The van der Waals surface area contributed by atoms with Gasteiger partial charge in [0.2, 0.25) is 5.91 Å². The Morgan fingerprint density at radius 2 is 1.79 bits per heavy atom. The van der Waals surface area contributed by atoms with E-state index >= 15 is 0 Å². The highest BCUT2D eigenvalue weighted by atomic mass is 16.2. The van der Waals surface area contributed by atoms with Crippen LogP contribution in [0.4, 0.5) is 5.82 Å². The minimum absolute atomic E-state index is 0.0687. The number of nitrogens with zero attached hydrogens (tertiary/aromatic N) is 3. The topological polar surface area (TPSA) is 48.5 Å². The second-order valence-corrected chi connectivity index (χ2v) is 8.18. The van der Waals surface area contributed by atoms with Crippen LogP contribution in [0.3, 0.4) is 0 Å². The first-order valence-corrected chi connectivity index (χ1v) is 9.88. The van der Waals surface area contributed by atoms with Crippen molar-refractivity contribution >= 4 is 17.8 Å². The first-order valence-electron chi connectivity index (χ1n) is 9.88. The molecular formula is C23H30N4O. The van der Waals surface area contributed by atoms with Gasteiger partial charge in [-0.3, -0.25) is 4.79 Å². The Hall–Kier alpha value is -2.66. The number of pyridine rings is 1. The molecule has 1 aromatic carbocycles. The molecular weight excluding hydrogens is 348 g/mol. The summed E-state index contributed by atoms with van der Waals surface area (Å²) in [5.74, 6) is 1.05. The molecule has 5 nitrogen and oxygen atoms in total. The van der Waals surface area contributed by atoms with Crippen molar-refractivity contribution in [3.63, 3.8) is 0 Å². The van der Waals surface area contributed by atoms with Crippen LogP contribution in [-0.4, -0.2) is 47.5 Å². The Labute approximate surface area is 168 Å². The summed E-state index contributed by atoms with van der Waals surface area (Å²) in [5, 5.41) is 3.48. The van der Waals surface area contributed by atoms with Gasteiger partial charge in [-0.15, -0.1) is 0 Å². The molecule has 148 valence electrons. The number of anilines is 1. The second-order valence-electron chi connectivity index (χ2n) is 8.18. The molecule has 0 bridgehead atoms. The summed E-state index contributed by atoms with van der Waals surface area (Å²) in [4.78, 5) is 21.0. The summed E-state index contributed by atoms with van der Waals surface area (Å²) in [5.41, 5.74) is 2.38. The molecule has 5 heteroatoms. The van der Waals surface area contributed by atoms with Crippen LogP contribution < -0.4 is 10.2 Å². The highest BCUT2D eigenvalue weighted by Crippen LogP contribution is 2.13. The standard InChI is InChI=1S/C23H30N4O/c1-23(2,3)25-18-20-9-7-19(8-10-20)11-12-22(28)27-16-14-26(15-17-27)21-6-4-5-13-24-21/h4-13,25H,14-18H2,1-3H3/b12-11+. The van der Waals surface area contributed by atoms with E-state index in [1.165, 1.54) is 5.56 Å². The third-order valence-corrected chi connectivity index (χ3v) is 4.79. The highest BCUT2D eigenvalue weighted by molar-refractivity contribution is 5.92. The molecule has 0 atom stereocenters. The quantitative estimate of drug-likeness (QED) is 0.811. The van der Waals surface area contributed by atoms with E-state index in [9.17, 15) is 4.79 Å². The van der Waals surface area contributed by atoms with Gasteiger partial charge < -0.3 is 15.1 Å². The largest absolute Gasteiger partial charge is 0.353 e. The molecule has 2 heterocycles. The molecule has 1 aromatic heterocycles. The molecule has 0 unspecified atom stereocenters. The van der Waals surface area contributed by atoms with Crippen molar-refractivity contribution in [2.45, 2.75) is 32.9 Å². The number of carbonyl (C=O) groups is 1. The normalized spacial score (nSPS) is 15.2. The first kappa shape index (κ1) is 20.1. The lowest BCUT2D eigenvalue weighted by Gasteiger charge is -2.34. The lowest BCUT2D eigenvalue weighted by Crippen LogP contribution is -2.48.